The second-order valence-electron chi connectivity index (χ2n) is 7.76. The van der Waals surface area contributed by atoms with Gasteiger partial charge in [0.1, 0.15) is 0 Å². The third-order valence-electron chi connectivity index (χ3n) is 5.87. The molecule has 8 nitrogen and oxygen atoms in total. The van der Waals surface area contributed by atoms with E-state index in [4.69, 9.17) is 4.74 Å². The van der Waals surface area contributed by atoms with Crippen LogP contribution in [0.2, 0.25) is 0 Å². The molecule has 4 rings (SSSR count). The molecule has 2 atom stereocenters. The molecule has 1 aromatic rings. The third-order valence-corrected chi connectivity index (χ3v) is 5.87. The Bertz CT molecular complexity index is 734. The molecule has 0 N–H and O–H groups in total. The quantitative estimate of drug-likeness (QED) is 0.760. The smallest absolute Gasteiger partial charge is 0.257 e. The molecule has 4 heterocycles. The molecule has 146 valence electrons. The van der Waals surface area contributed by atoms with Crippen LogP contribution in [0.25, 0.3) is 0 Å². The SMILES string of the molecule is Cc1nc(N2CCCCC2)ncc1C(=O)N1C[C@@H]2COC[C@H](C1)N(C)C2=O. The summed E-state index contributed by atoms with van der Waals surface area (Å²) in [5.41, 5.74) is 1.22. The largest absolute Gasteiger partial charge is 0.378 e. The number of carbonyl (C=O) groups excluding carboxylic acids is 2. The highest BCUT2D eigenvalue weighted by molar-refractivity contribution is 5.95. The second-order valence-corrected chi connectivity index (χ2v) is 7.76. The Morgan fingerprint density at radius 3 is 2.70 bits per heavy atom. The number of aromatic nitrogens is 2. The number of hydrogen-bond acceptors (Lipinski definition) is 6. The van der Waals surface area contributed by atoms with Gasteiger partial charge in [0.2, 0.25) is 11.9 Å². The van der Waals surface area contributed by atoms with E-state index in [2.05, 4.69) is 14.9 Å². The minimum atomic E-state index is -0.305. The van der Waals surface area contributed by atoms with Gasteiger partial charge in [-0.25, -0.2) is 9.97 Å². The van der Waals surface area contributed by atoms with Gasteiger partial charge in [-0.3, -0.25) is 9.59 Å². The van der Waals surface area contributed by atoms with Crippen molar-refractivity contribution in [2.45, 2.75) is 32.2 Å². The molecule has 3 fully saturated rings. The Morgan fingerprint density at radius 2 is 1.96 bits per heavy atom. The lowest BCUT2D eigenvalue weighted by Crippen LogP contribution is -2.45. The molecule has 0 aliphatic carbocycles. The van der Waals surface area contributed by atoms with Gasteiger partial charge in [-0.15, -0.1) is 0 Å². The van der Waals surface area contributed by atoms with Crippen molar-refractivity contribution in [2.24, 2.45) is 5.92 Å². The van der Waals surface area contributed by atoms with Gasteiger partial charge in [-0.05, 0) is 26.2 Å². The Kier molecular flexibility index (Phi) is 4.99. The van der Waals surface area contributed by atoms with Crippen molar-refractivity contribution < 1.29 is 14.3 Å². The van der Waals surface area contributed by atoms with Crippen LogP contribution in [0, 0.1) is 12.8 Å². The lowest BCUT2D eigenvalue weighted by molar-refractivity contribution is -0.133. The summed E-state index contributed by atoms with van der Waals surface area (Å²) in [6.07, 6.45) is 5.21. The Labute approximate surface area is 159 Å². The molecule has 2 amide bonds. The number of piperidine rings is 1. The maximum atomic E-state index is 13.2. The minimum absolute atomic E-state index is 0.0567. The van der Waals surface area contributed by atoms with E-state index in [1.165, 1.54) is 6.42 Å². The van der Waals surface area contributed by atoms with Gasteiger partial charge in [0.25, 0.3) is 5.91 Å². The average Bonchev–Trinajstić information content (AvgIpc) is 2.86. The predicted octanol–water partition coefficient (Wildman–Crippen LogP) is 0.705. The molecule has 1 aromatic heterocycles. The zero-order valence-corrected chi connectivity index (χ0v) is 16.1. The standard InChI is InChI=1S/C19H27N5O3/c1-13-16(8-20-19(21-13)23-6-4-3-5-7-23)18(26)24-9-14-11-27-12-15(10-24)22(2)17(14)25/h8,14-15H,3-7,9-12H2,1-2H3/t14-,15+/m1/s1. The van der Waals surface area contributed by atoms with Crippen LogP contribution in [-0.4, -0.2) is 84.1 Å². The number of carbonyl (C=O) groups is 2. The summed E-state index contributed by atoms with van der Waals surface area (Å²) in [7, 11) is 1.80. The van der Waals surface area contributed by atoms with Crippen molar-refractivity contribution in [1.29, 1.82) is 0 Å². The van der Waals surface area contributed by atoms with E-state index >= 15 is 0 Å². The number of nitrogens with zero attached hydrogens (tertiary/aromatic N) is 5. The Balaban J connectivity index is 1.54. The molecule has 0 aromatic carbocycles. The van der Waals surface area contributed by atoms with E-state index in [0.717, 1.165) is 25.9 Å². The molecule has 3 saturated heterocycles. The minimum Gasteiger partial charge on any atom is -0.378 e. The lowest BCUT2D eigenvalue weighted by Gasteiger charge is -2.30. The zero-order chi connectivity index (χ0) is 19.0. The molecule has 27 heavy (non-hydrogen) atoms. The van der Waals surface area contributed by atoms with E-state index in [1.54, 1.807) is 23.0 Å². The number of likely N-dealkylation sites (N-methyl/N-ethyl adjacent to an activating group) is 1. The van der Waals surface area contributed by atoms with E-state index in [-0.39, 0.29) is 23.8 Å². The summed E-state index contributed by atoms with van der Waals surface area (Å²) in [6, 6.07) is -0.109. The van der Waals surface area contributed by atoms with Gasteiger partial charge >= 0.3 is 0 Å². The molecular weight excluding hydrogens is 346 g/mol. The second kappa shape index (κ2) is 7.42. The highest BCUT2D eigenvalue weighted by Crippen LogP contribution is 2.23. The number of anilines is 1. The normalized spacial score (nSPS) is 26.1. The molecule has 3 aliphatic heterocycles. The van der Waals surface area contributed by atoms with Crippen LogP contribution in [0.3, 0.4) is 0 Å². The summed E-state index contributed by atoms with van der Waals surface area (Å²) in [6.45, 7) is 5.49. The number of fused-ring (bicyclic) bond motifs is 3. The number of aryl methyl sites for hydroxylation is 1. The first kappa shape index (κ1) is 18.2. The molecular formula is C19H27N5O3. The van der Waals surface area contributed by atoms with E-state index in [0.29, 0.717) is 43.5 Å². The first-order chi connectivity index (χ1) is 13.0. The highest BCUT2D eigenvalue weighted by Gasteiger charge is 2.39. The topological polar surface area (TPSA) is 78.9 Å². The van der Waals surface area contributed by atoms with Crippen LogP contribution in [-0.2, 0) is 9.53 Å². The van der Waals surface area contributed by atoms with Crippen LogP contribution in [0.5, 0.6) is 0 Å². The Morgan fingerprint density at radius 1 is 1.19 bits per heavy atom. The van der Waals surface area contributed by atoms with E-state index in [1.807, 2.05) is 6.92 Å². The van der Waals surface area contributed by atoms with Gasteiger partial charge in [0.15, 0.2) is 0 Å². The van der Waals surface area contributed by atoms with Gasteiger partial charge in [0, 0.05) is 39.4 Å². The molecule has 0 radical (unpaired) electrons. The molecule has 3 aliphatic rings. The summed E-state index contributed by atoms with van der Waals surface area (Å²) in [5.74, 6) is 0.360. The predicted molar refractivity (Wildman–Crippen MR) is 99.6 cm³/mol. The highest BCUT2D eigenvalue weighted by atomic mass is 16.5. The maximum absolute atomic E-state index is 13.2. The van der Waals surface area contributed by atoms with Crippen LogP contribution < -0.4 is 4.90 Å². The van der Waals surface area contributed by atoms with Crippen LogP contribution in [0.4, 0.5) is 5.95 Å². The summed E-state index contributed by atoms with van der Waals surface area (Å²) >= 11 is 0. The third kappa shape index (κ3) is 3.50. The van der Waals surface area contributed by atoms with E-state index in [9.17, 15) is 9.59 Å². The average molecular weight is 373 g/mol. The van der Waals surface area contributed by atoms with Gasteiger partial charge in [0.05, 0.1) is 36.4 Å². The zero-order valence-electron chi connectivity index (χ0n) is 16.1. The number of hydrogen-bond donors (Lipinski definition) is 0. The molecule has 8 heteroatoms. The number of ether oxygens (including phenoxy) is 1. The van der Waals surface area contributed by atoms with E-state index < -0.39 is 0 Å². The van der Waals surface area contributed by atoms with Crippen molar-refractivity contribution in [3.05, 3.63) is 17.5 Å². The molecule has 0 spiro atoms. The van der Waals surface area contributed by atoms with Crippen LogP contribution in [0.1, 0.15) is 35.3 Å². The summed E-state index contributed by atoms with van der Waals surface area (Å²) in [4.78, 5) is 40.4. The van der Waals surface area contributed by atoms with Crippen molar-refractivity contribution in [3.8, 4) is 0 Å². The number of rotatable bonds is 2. The van der Waals surface area contributed by atoms with Crippen molar-refractivity contribution >= 4 is 17.8 Å². The first-order valence-electron chi connectivity index (χ1n) is 9.77. The van der Waals surface area contributed by atoms with Gasteiger partial charge in [-0.1, -0.05) is 0 Å². The lowest BCUT2D eigenvalue weighted by atomic mass is 10.1. The Hall–Kier alpha value is -2.22. The van der Waals surface area contributed by atoms with Crippen LogP contribution in [0.15, 0.2) is 6.20 Å². The number of amides is 2. The fourth-order valence-electron chi connectivity index (χ4n) is 4.15. The fourth-order valence-corrected chi connectivity index (χ4v) is 4.15. The van der Waals surface area contributed by atoms with Gasteiger partial charge < -0.3 is 19.4 Å². The van der Waals surface area contributed by atoms with Crippen molar-refractivity contribution in [3.63, 3.8) is 0 Å². The fraction of sp³-hybridized carbons (Fsp3) is 0.684. The summed E-state index contributed by atoms with van der Waals surface area (Å²) < 4.78 is 5.61. The van der Waals surface area contributed by atoms with Crippen molar-refractivity contribution in [1.82, 2.24) is 19.8 Å². The molecule has 0 unspecified atom stereocenters. The van der Waals surface area contributed by atoms with Crippen LogP contribution >= 0.6 is 0 Å². The summed E-state index contributed by atoms with van der Waals surface area (Å²) in [5, 5.41) is 0. The molecule has 0 saturated carbocycles. The van der Waals surface area contributed by atoms with Crippen molar-refractivity contribution in [2.75, 3.05) is 51.3 Å². The van der Waals surface area contributed by atoms with Gasteiger partial charge in [-0.2, -0.15) is 0 Å². The monoisotopic (exact) mass is 373 g/mol. The maximum Gasteiger partial charge on any atom is 0.257 e. The molecule has 2 bridgehead atoms. The first-order valence-corrected chi connectivity index (χ1v) is 9.77.